The van der Waals surface area contributed by atoms with E-state index in [4.69, 9.17) is 10.6 Å². The predicted octanol–water partition coefficient (Wildman–Crippen LogP) is 9.39. The molecule has 0 bridgehead atoms. The summed E-state index contributed by atoms with van der Waals surface area (Å²) in [6.45, 7) is 14.3. The van der Waals surface area contributed by atoms with E-state index in [1.54, 1.807) is 0 Å². The second kappa shape index (κ2) is 15.5. The van der Waals surface area contributed by atoms with Crippen molar-refractivity contribution in [3.05, 3.63) is 144 Å². The fraction of sp³-hybridized carbons (Fsp3) is 0.235. The summed E-state index contributed by atoms with van der Waals surface area (Å²) in [7, 11) is 0. The molecule has 0 aromatic heterocycles. The van der Waals surface area contributed by atoms with Gasteiger partial charge in [0.05, 0.1) is 12.8 Å². The number of rotatable bonds is 9. The first-order valence-electron chi connectivity index (χ1n) is 12.5. The molecule has 3 aromatic rings. The number of aryl methyl sites for hydroxylation is 4. The number of benzene rings is 3. The zero-order valence-corrected chi connectivity index (χ0v) is 27.5. The van der Waals surface area contributed by atoms with Crippen molar-refractivity contribution in [2.24, 2.45) is 0 Å². The van der Waals surface area contributed by atoms with Crippen molar-refractivity contribution in [1.82, 2.24) is 0 Å². The maximum Gasteiger partial charge on any atom is 4.00 e. The molecule has 0 N–H and O–H groups in total. The molecular weight excluding hydrogens is 629 g/mol. The molecule has 38 heavy (non-hydrogen) atoms. The van der Waals surface area contributed by atoms with Crippen molar-refractivity contribution in [3.8, 4) is 0 Å². The second-order valence-corrected chi connectivity index (χ2v) is 8.99. The summed E-state index contributed by atoms with van der Waals surface area (Å²) < 4.78 is 2.04. The molecule has 0 spiro atoms. The molecule has 0 saturated heterocycles. The van der Waals surface area contributed by atoms with Crippen LogP contribution in [0.25, 0.3) is 16.3 Å². The van der Waals surface area contributed by atoms with Crippen molar-refractivity contribution in [3.63, 3.8) is 0 Å². The minimum absolute atomic E-state index is 0. The Kier molecular flexibility index (Phi) is 13.6. The maximum absolute atomic E-state index is 5.06. The van der Waals surface area contributed by atoms with Crippen LogP contribution in [0.1, 0.15) is 47.2 Å². The van der Waals surface area contributed by atoms with Gasteiger partial charge in [-0.05, 0) is 32.3 Å². The Labute approximate surface area is 250 Å². The molecule has 1 aliphatic heterocycles. The first-order chi connectivity index (χ1) is 17.0. The number of para-hydroxylation sites is 2. The summed E-state index contributed by atoms with van der Waals surface area (Å²) in [5.41, 5.74) is 10.7. The van der Waals surface area contributed by atoms with Gasteiger partial charge in [0.15, 0.2) is 0 Å². The van der Waals surface area contributed by atoms with Crippen LogP contribution in [0.2, 0.25) is 0 Å². The summed E-state index contributed by atoms with van der Waals surface area (Å²) in [5, 5.41) is 9.99. The molecule has 0 radical (unpaired) electrons. The first-order valence-corrected chi connectivity index (χ1v) is 12.5. The van der Waals surface area contributed by atoms with Crippen molar-refractivity contribution in [2.45, 2.75) is 47.1 Å². The molecule has 4 rings (SSSR count). The minimum Gasteiger partial charge on any atom is -0.683 e. The molecule has 0 atom stereocenters. The molecule has 0 saturated carbocycles. The van der Waals surface area contributed by atoms with Crippen molar-refractivity contribution in [2.75, 3.05) is 6.54 Å². The molecule has 0 fully saturated rings. The molecule has 1 aliphatic rings. The van der Waals surface area contributed by atoms with Gasteiger partial charge in [-0.3, -0.25) is 4.58 Å². The Morgan fingerprint density at radius 2 is 1.39 bits per heavy atom. The Morgan fingerprint density at radius 1 is 0.789 bits per heavy atom. The van der Waals surface area contributed by atoms with E-state index in [2.05, 4.69) is 107 Å². The van der Waals surface area contributed by atoms with Crippen LogP contribution in [-0.4, -0.2) is 17.8 Å². The Bertz CT molecular complexity index is 1250. The van der Waals surface area contributed by atoms with Crippen LogP contribution in [0.15, 0.2) is 78.9 Å². The largest absolute Gasteiger partial charge is 4.00 e. The number of nitrogens with zero attached hydrogens (tertiary/aromatic N) is 3. The molecule has 0 amide bonds. The number of hydrogen-bond acceptors (Lipinski definition) is 0. The van der Waals surface area contributed by atoms with Gasteiger partial charge in [0.2, 0.25) is 0 Å². The summed E-state index contributed by atoms with van der Waals surface area (Å²) >= 11 is 0. The maximum atomic E-state index is 5.06. The number of allylic oxidation sites excluding steroid dienone is 2. The van der Waals surface area contributed by atoms with E-state index in [0.29, 0.717) is 13.1 Å². The Morgan fingerprint density at radius 3 is 2.05 bits per heavy atom. The average molecular weight is 670 g/mol. The van der Waals surface area contributed by atoms with Gasteiger partial charge in [0.25, 0.3) is 0 Å². The average Bonchev–Trinajstić information content (AvgIpc) is 2.88. The first kappa shape index (κ1) is 33.2. The van der Waals surface area contributed by atoms with Gasteiger partial charge in [-0.2, -0.15) is 0 Å². The van der Waals surface area contributed by atoms with Gasteiger partial charge in [-0.15, -0.1) is 24.0 Å². The minimum atomic E-state index is 0. The van der Waals surface area contributed by atoms with Crippen LogP contribution in [0.4, 0.5) is 11.4 Å². The Balaban J connectivity index is 0.00000241. The quantitative estimate of drug-likeness (QED) is 0.124. The third-order valence-corrected chi connectivity index (χ3v) is 6.69. The molecule has 196 valence electrons. The fourth-order valence-corrected chi connectivity index (χ4v) is 4.66. The van der Waals surface area contributed by atoms with Crippen LogP contribution >= 0.6 is 0 Å². The molecule has 4 heteroatoms. The molecular formula is C34H41HfN3. The van der Waals surface area contributed by atoms with E-state index in [1.165, 1.54) is 33.4 Å². The molecule has 3 nitrogen and oxygen atoms in total. The standard InChI is InChI=1S/C32H35N3.2CH3.Hf/c1-6-25-15-11-16-26(7-2)32(25)34-22-28-18-12-20-30(35(28)5)31-24(4)14-10-17-27(31)21-33-29-19-9-8-13-23(29)3;;;/h8-20H,5-7,21-22H2,1-4H3;2*1H3;/q-2;2*-1;+4. The van der Waals surface area contributed by atoms with Crippen LogP contribution in [-0.2, 0) is 45.2 Å². The zero-order valence-electron chi connectivity index (χ0n) is 23.9. The third kappa shape index (κ3) is 7.38. The van der Waals surface area contributed by atoms with E-state index in [9.17, 15) is 0 Å². The summed E-state index contributed by atoms with van der Waals surface area (Å²) in [6, 6.07) is 22.3. The second-order valence-electron chi connectivity index (χ2n) is 8.99. The van der Waals surface area contributed by atoms with E-state index < -0.39 is 0 Å². The smallest absolute Gasteiger partial charge is 0.683 e. The van der Waals surface area contributed by atoms with Crippen LogP contribution < -0.4 is 0 Å². The molecule has 0 aliphatic carbocycles. The van der Waals surface area contributed by atoms with E-state index in [-0.39, 0.29) is 40.7 Å². The van der Waals surface area contributed by atoms with Crippen molar-refractivity contribution < 1.29 is 30.4 Å². The summed E-state index contributed by atoms with van der Waals surface area (Å²) in [6.07, 6.45) is 8.34. The van der Waals surface area contributed by atoms with Gasteiger partial charge in [-0.25, -0.2) is 0 Å². The summed E-state index contributed by atoms with van der Waals surface area (Å²) in [4.78, 5) is 0. The normalized spacial score (nSPS) is 12.1. The van der Waals surface area contributed by atoms with Gasteiger partial charge >= 0.3 is 25.8 Å². The molecule has 0 unspecified atom stereocenters. The van der Waals surface area contributed by atoms with Gasteiger partial charge in [0.1, 0.15) is 5.70 Å². The van der Waals surface area contributed by atoms with Gasteiger partial charge < -0.3 is 25.5 Å². The SMILES string of the molecule is C=[N+]1C(c2c(C)cccc2C[N-]c2ccccc2C)=CC=C[C-]1C[N-]c1c(CC)cccc1CC.[CH3-].[CH3-].[Hf+4]. The third-order valence-electron chi connectivity index (χ3n) is 6.69. The number of hydrogen-bond donors (Lipinski definition) is 0. The van der Waals surface area contributed by atoms with Crippen LogP contribution in [0.5, 0.6) is 0 Å². The molecule has 3 aromatic carbocycles. The summed E-state index contributed by atoms with van der Waals surface area (Å²) in [5.74, 6) is 0. The molecule has 1 heterocycles. The van der Waals surface area contributed by atoms with E-state index in [0.717, 1.165) is 36.0 Å². The Hall–Kier alpha value is -2.85. The van der Waals surface area contributed by atoms with E-state index >= 15 is 0 Å². The van der Waals surface area contributed by atoms with Crippen LogP contribution in [0.3, 0.4) is 0 Å². The van der Waals surface area contributed by atoms with Crippen molar-refractivity contribution in [1.29, 1.82) is 0 Å². The fourth-order valence-electron chi connectivity index (χ4n) is 4.66. The van der Waals surface area contributed by atoms with Crippen molar-refractivity contribution >= 4 is 23.8 Å². The zero-order chi connectivity index (χ0) is 24.8. The van der Waals surface area contributed by atoms with Gasteiger partial charge in [-0.1, -0.05) is 115 Å². The predicted molar refractivity (Wildman–Crippen MR) is 163 cm³/mol. The topological polar surface area (TPSA) is 31.2 Å². The van der Waals surface area contributed by atoms with E-state index in [1.807, 2.05) is 10.6 Å². The van der Waals surface area contributed by atoms with Gasteiger partial charge in [0, 0.05) is 5.56 Å². The van der Waals surface area contributed by atoms with Crippen LogP contribution in [0, 0.1) is 34.7 Å². The monoisotopic (exact) mass is 671 g/mol.